The predicted octanol–water partition coefficient (Wildman–Crippen LogP) is 8.00. The molecule has 0 unspecified atom stereocenters. The molecule has 0 bridgehead atoms. The number of fused-ring (bicyclic) bond motifs is 3. The molecule has 208 valence electrons. The Labute approximate surface area is 245 Å². The number of hydrogen-bond acceptors (Lipinski definition) is 6. The molecule has 0 aromatic heterocycles. The van der Waals surface area contributed by atoms with E-state index in [9.17, 15) is 8.42 Å². The van der Waals surface area contributed by atoms with Gasteiger partial charge in [0.25, 0.3) is 0 Å². The molecular formula is C33H29ClN2O4S. The molecule has 6 nitrogen and oxygen atoms in total. The topological polar surface area (TPSA) is 77.0 Å². The molecule has 0 fully saturated rings. The molecule has 1 aliphatic heterocycles. The molecule has 0 amide bonds. The van der Waals surface area contributed by atoms with Crippen LogP contribution in [-0.4, -0.2) is 21.7 Å². The van der Waals surface area contributed by atoms with Crippen LogP contribution in [-0.2, 0) is 10.1 Å². The second-order valence-electron chi connectivity index (χ2n) is 10.3. The maximum atomic E-state index is 12.8. The fourth-order valence-electron chi connectivity index (χ4n) is 5.55. The minimum atomic E-state index is -4.10. The number of halogens is 1. The molecule has 8 heteroatoms. The third-order valence-corrected chi connectivity index (χ3v) is 9.16. The zero-order chi connectivity index (χ0) is 28.6. The highest BCUT2D eigenvalue weighted by Crippen LogP contribution is 2.49. The number of allylic oxidation sites excluding steroid dienone is 2. The van der Waals surface area contributed by atoms with Crippen molar-refractivity contribution in [3.63, 3.8) is 0 Å². The van der Waals surface area contributed by atoms with Crippen molar-refractivity contribution in [3.05, 3.63) is 124 Å². The van der Waals surface area contributed by atoms with Crippen molar-refractivity contribution >= 4 is 39.3 Å². The monoisotopic (exact) mass is 584 g/mol. The fourth-order valence-corrected chi connectivity index (χ4v) is 6.81. The van der Waals surface area contributed by atoms with Gasteiger partial charge in [0, 0.05) is 17.8 Å². The van der Waals surface area contributed by atoms with Crippen LogP contribution in [0.25, 0.3) is 0 Å². The van der Waals surface area contributed by atoms with Crippen LogP contribution >= 0.6 is 11.6 Å². The quantitative estimate of drug-likeness (QED) is 0.135. The number of aliphatic imine (C=N–C) groups is 1. The molecule has 1 heterocycles. The molecular weight excluding hydrogens is 556 g/mol. The van der Waals surface area contributed by atoms with E-state index in [0.717, 1.165) is 17.7 Å². The van der Waals surface area contributed by atoms with E-state index in [4.69, 9.17) is 20.5 Å². The van der Waals surface area contributed by atoms with Crippen LogP contribution in [0.4, 0.5) is 11.4 Å². The Kier molecular flexibility index (Phi) is 7.32. The van der Waals surface area contributed by atoms with Gasteiger partial charge in [0.15, 0.2) is 5.75 Å². The average Bonchev–Trinajstić information content (AvgIpc) is 3.48. The van der Waals surface area contributed by atoms with Crippen molar-refractivity contribution in [2.45, 2.75) is 30.2 Å². The van der Waals surface area contributed by atoms with Crippen molar-refractivity contribution in [2.75, 3.05) is 12.4 Å². The number of anilines is 1. The summed E-state index contributed by atoms with van der Waals surface area (Å²) in [5.74, 6) is 1.02. The summed E-state index contributed by atoms with van der Waals surface area (Å²) in [6.07, 6.45) is 7.33. The first kappa shape index (κ1) is 27.1. The Morgan fingerprint density at radius 2 is 1.76 bits per heavy atom. The van der Waals surface area contributed by atoms with Gasteiger partial charge in [0.1, 0.15) is 4.90 Å². The van der Waals surface area contributed by atoms with E-state index in [0.29, 0.717) is 17.4 Å². The Hall–Kier alpha value is -4.07. The predicted molar refractivity (Wildman–Crippen MR) is 163 cm³/mol. The molecule has 3 atom stereocenters. The Balaban J connectivity index is 1.20. The Morgan fingerprint density at radius 1 is 1.00 bits per heavy atom. The first-order valence-corrected chi connectivity index (χ1v) is 15.2. The second kappa shape index (κ2) is 11.1. The summed E-state index contributed by atoms with van der Waals surface area (Å²) in [6.45, 7) is 1.88. The largest absolute Gasteiger partial charge is 0.493 e. The van der Waals surface area contributed by atoms with Crippen molar-refractivity contribution in [1.29, 1.82) is 0 Å². The van der Waals surface area contributed by atoms with Crippen LogP contribution in [0, 0.1) is 12.8 Å². The van der Waals surface area contributed by atoms with Crippen LogP contribution in [0.3, 0.4) is 0 Å². The van der Waals surface area contributed by atoms with Gasteiger partial charge < -0.3 is 14.2 Å². The molecule has 6 rings (SSSR count). The van der Waals surface area contributed by atoms with Gasteiger partial charge >= 0.3 is 10.1 Å². The van der Waals surface area contributed by atoms with Gasteiger partial charge in [-0.25, -0.2) is 0 Å². The van der Waals surface area contributed by atoms with E-state index in [1.165, 1.54) is 36.1 Å². The summed E-state index contributed by atoms with van der Waals surface area (Å²) >= 11 is 6.46. The normalized spacial score (nSPS) is 19.4. The van der Waals surface area contributed by atoms with E-state index < -0.39 is 10.1 Å². The number of nitrogens with zero attached hydrogens (tertiary/aromatic N) is 1. The fraction of sp³-hybridized carbons (Fsp3) is 0.182. The third kappa shape index (κ3) is 5.47. The molecule has 1 N–H and O–H groups in total. The highest BCUT2D eigenvalue weighted by atomic mass is 35.5. The maximum absolute atomic E-state index is 12.8. The van der Waals surface area contributed by atoms with E-state index in [1.54, 1.807) is 30.5 Å². The molecule has 0 saturated heterocycles. The van der Waals surface area contributed by atoms with E-state index >= 15 is 0 Å². The van der Waals surface area contributed by atoms with Crippen molar-refractivity contribution in [1.82, 2.24) is 0 Å². The molecule has 0 saturated carbocycles. The second-order valence-corrected chi connectivity index (χ2v) is 12.3. The number of rotatable bonds is 7. The first-order valence-electron chi connectivity index (χ1n) is 13.4. The SMILES string of the molecule is COc1cc(C=Nc2ccc([C@@H]3Nc4ccccc4[C@H]4C=CC[C@H]43)cc2)cc(Cl)c1OS(=O)(=O)c1ccc(C)cc1. The molecule has 41 heavy (non-hydrogen) atoms. The molecule has 1 aliphatic carbocycles. The minimum absolute atomic E-state index is 0.0302. The number of benzene rings is 4. The molecule has 2 aliphatic rings. The summed E-state index contributed by atoms with van der Waals surface area (Å²) in [7, 11) is -2.67. The van der Waals surface area contributed by atoms with Crippen LogP contribution in [0.5, 0.6) is 11.5 Å². The van der Waals surface area contributed by atoms with Gasteiger partial charge in [-0.2, -0.15) is 8.42 Å². The van der Waals surface area contributed by atoms with Crippen molar-refractivity contribution in [3.8, 4) is 11.5 Å². The lowest BCUT2D eigenvalue weighted by atomic mass is 9.77. The maximum Gasteiger partial charge on any atom is 0.339 e. The van der Waals surface area contributed by atoms with Gasteiger partial charge in [0.05, 0.1) is 23.9 Å². The standard InChI is InChI=1S/C33H29ClN2O4S/c1-21-10-16-25(17-11-21)41(37,38)40-33-29(34)18-22(19-31(33)39-2)20-35-24-14-12-23(13-15-24)32-28-8-5-7-26(28)27-6-3-4-9-30(27)36-32/h3-7,9-20,26,28,32,36H,8H2,1-2H3/t26-,28-,32+/m1/s1. The summed E-state index contributed by atoms with van der Waals surface area (Å²) in [5, 5.41) is 3.85. The number of para-hydroxylation sites is 1. The number of ether oxygens (including phenoxy) is 1. The highest BCUT2D eigenvalue weighted by molar-refractivity contribution is 7.87. The lowest BCUT2D eigenvalue weighted by Gasteiger charge is -2.37. The molecule has 4 aromatic rings. The summed E-state index contributed by atoms with van der Waals surface area (Å²) < 4.78 is 36.4. The van der Waals surface area contributed by atoms with Crippen LogP contribution in [0.2, 0.25) is 5.02 Å². The number of methoxy groups -OCH3 is 1. The van der Waals surface area contributed by atoms with Crippen LogP contribution < -0.4 is 14.2 Å². The van der Waals surface area contributed by atoms with E-state index in [-0.39, 0.29) is 27.5 Å². The van der Waals surface area contributed by atoms with Gasteiger partial charge in [-0.15, -0.1) is 0 Å². The molecule has 0 radical (unpaired) electrons. The number of aryl methyl sites for hydroxylation is 1. The average molecular weight is 585 g/mol. The number of hydrogen-bond donors (Lipinski definition) is 1. The Morgan fingerprint density at radius 3 is 2.51 bits per heavy atom. The lowest BCUT2D eigenvalue weighted by molar-refractivity contribution is 0.390. The zero-order valence-corrected chi connectivity index (χ0v) is 24.2. The minimum Gasteiger partial charge on any atom is -0.493 e. The van der Waals surface area contributed by atoms with Crippen molar-refractivity contribution < 1.29 is 17.3 Å². The smallest absolute Gasteiger partial charge is 0.339 e. The molecule has 4 aromatic carbocycles. The van der Waals surface area contributed by atoms with Crippen LogP contribution in [0.15, 0.2) is 107 Å². The van der Waals surface area contributed by atoms with E-state index in [1.807, 2.05) is 19.1 Å². The summed E-state index contributed by atoms with van der Waals surface area (Å²) in [5.41, 5.74) is 6.14. The van der Waals surface area contributed by atoms with Gasteiger partial charge in [0.2, 0.25) is 5.75 Å². The number of nitrogens with one attached hydrogen (secondary N) is 1. The summed E-state index contributed by atoms with van der Waals surface area (Å²) in [6, 6.07) is 26.6. The highest BCUT2D eigenvalue weighted by Gasteiger charge is 2.37. The molecule has 0 spiro atoms. The van der Waals surface area contributed by atoms with Gasteiger partial charge in [-0.3, -0.25) is 4.99 Å². The lowest BCUT2D eigenvalue weighted by Crippen LogP contribution is -2.28. The van der Waals surface area contributed by atoms with Crippen molar-refractivity contribution in [2.24, 2.45) is 10.9 Å². The first-order chi connectivity index (χ1) is 19.8. The Bertz CT molecular complexity index is 1750. The van der Waals surface area contributed by atoms with Crippen LogP contribution in [0.1, 0.15) is 40.6 Å². The van der Waals surface area contributed by atoms with E-state index in [2.05, 4.69) is 58.9 Å². The third-order valence-electron chi connectivity index (χ3n) is 7.64. The zero-order valence-electron chi connectivity index (χ0n) is 22.6. The van der Waals surface area contributed by atoms with Gasteiger partial charge in [-0.05, 0) is 78.4 Å². The summed E-state index contributed by atoms with van der Waals surface area (Å²) in [4.78, 5) is 4.64. The van der Waals surface area contributed by atoms with Gasteiger partial charge in [-0.1, -0.05) is 71.8 Å².